The largest absolute Gasteiger partial charge is 0.312 e. The summed E-state index contributed by atoms with van der Waals surface area (Å²) in [7, 11) is 0. The molecular weight excluding hydrogens is 292 g/mol. The van der Waals surface area contributed by atoms with Crippen molar-refractivity contribution in [2.24, 2.45) is 0 Å². The zero-order valence-electron chi connectivity index (χ0n) is 10.1. The van der Waals surface area contributed by atoms with E-state index in [0.717, 1.165) is 46.8 Å². The molecule has 0 spiro atoms. The smallest absolute Gasteiger partial charge is 0.161 e. The number of fused-ring (bicyclic) bond motifs is 1. The third kappa shape index (κ3) is 2.15. The fourth-order valence-corrected chi connectivity index (χ4v) is 2.54. The Morgan fingerprint density at radius 2 is 2.17 bits per heavy atom. The quantitative estimate of drug-likeness (QED) is 0.878. The first-order chi connectivity index (χ1) is 8.74. The van der Waals surface area contributed by atoms with Gasteiger partial charge in [-0.2, -0.15) is 0 Å². The maximum absolute atomic E-state index is 4.67. The molecule has 1 aliphatic heterocycles. The van der Waals surface area contributed by atoms with Gasteiger partial charge >= 0.3 is 0 Å². The van der Waals surface area contributed by atoms with Gasteiger partial charge in [0.15, 0.2) is 5.82 Å². The van der Waals surface area contributed by atoms with Crippen molar-refractivity contribution in [3.8, 4) is 11.4 Å². The Bertz CT molecular complexity index is 598. The third-order valence-corrected chi connectivity index (χ3v) is 3.54. The second kappa shape index (κ2) is 4.74. The summed E-state index contributed by atoms with van der Waals surface area (Å²) in [5, 5.41) is 3.35. The normalized spacial score (nSPS) is 14.3. The molecule has 1 N–H and O–H groups in total. The molecule has 0 radical (unpaired) electrons. The Morgan fingerprint density at radius 3 is 3.00 bits per heavy atom. The van der Waals surface area contributed by atoms with Crippen LogP contribution >= 0.6 is 15.9 Å². The lowest BCUT2D eigenvalue weighted by Crippen LogP contribution is -2.26. The number of halogens is 1. The van der Waals surface area contributed by atoms with Gasteiger partial charge in [-0.3, -0.25) is 4.98 Å². The molecule has 3 rings (SSSR count). The standard InChI is InChI=1S/C13H13BrN4/c1-8-11-7-15-3-2-12(11)18-13(17-8)9-4-10(14)6-16-5-9/h4-6,15H,2-3,7H2,1H3. The summed E-state index contributed by atoms with van der Waals surface area (Å²) in [5.41, 5.74) is 4.42. The van der Waals surface area contributed by atoms with Gasteiger partial charge in [-0.15, -0.1) is 0 Å². The molecule has 0 aliphatic carbocycles. The molecule has 18 heavy (non-hydrogen) atoms. The zero-order chi connectivity index (χ0) is 12.5. The lowest BCUT2D eigenvalue weighted by Gasteiger charge is -2.18. The highest BCUT2D eigenvalue weighted by molar-refractivity contribution is 9.10. The zero-order valence-corrected chi connectivity index (χ0v) is 11.7. The van der Waals surface area contributed by atoms with Crippen LogP contribution in [0.3, 0.4) is 0 Å². The molecule has 1 aliphatic rings. The van der Waals surface area contributed by atoms with E-state index in [1.165, 1.54) is 5.56 Å². The molecule has 0 amide bonds. The molecule has 4 nitrogen and oxygen atoms in total. The molecule has 0 aromatic carbocycles. The van der Waals surface area contributed by atoms with Crippen molar-refractivity contribution in [2.75, 3.05) is 6.54 Å². The van der Waals surface area contributed by atoms with E-state index >= 15 is 0 Å². The van der Waals surface area contributed by atoms with Crippen LogP contribution < -0.4 is 5.32 Å². The molecule has 2 aromatic rings. The molecular formula is C13H13BrN4. The van der Waals surface area contributed by atoms with Crippen molar-refractivity contribution in [1.29, 1.82) is 0 Å². The van der Waals surface area contributed by atoms with Gasteiger partial charge in [0, 0.05) is 53.2 Å². The second-order valence-corrected chi connectivity index (χ2v) is 5.29. The van der Waals surface area contributed by atoms with Crippen molar-refractivity contribution < 1.29 is 0 Å². The Balaban J connectivity index is 2.11. The second-order valence-electron chi connectivity index (χ2n) is 4.38. The van der Waals surface area contributed by atoms with E-state index in [9.17, 15) is 0 Å². The topological polar surface area (TPSA) is 50.7 Å². The summed E-state index contributed by atoms with van der Waals surface area (Å²) in [5.74, 6) is 0.766. The molecule has 5 heteroatoms. The highest BCUT2D eigenvalue weighted by atomic mass is 79.9. The Kier molecular flexibility index (Phi) is 3.09. The predicted octanol–water partition coefficient (Wildman–Crippen LogP) is 2.26. The van der Waals surface area contributed by atoms with Gasteiger partial charge in [0.05, 0.1) is 5.69 Å². The van der Waals surface area contributed by atoms with E-state index in [1.807, 2.05) is 13.0 Å². The Morgan fingerprint density at radius 1 is 1.28 bits per heavy atom. The van der Waals surface area contributed by atoms with Gasteiger partial charge in [-0.05, 0) is 28.9 Å². The number of aryl methyl sites for hydroxylation is 1. The summed E-state index contributed by atoms with van der Waals surface area (Å²) in [6.45, 7) is 3.90. The monoisotopic (exact) mass is 304 g/mol. The predicted molar refractivity (Wildman–Crippen MR) is 73.1 cm³/mol. The SMILES string of the molecule is Cc1nc(-c2cncc(Br)c2)nc2c1CNCC2. The van der Waals surface area contributed by atoms with E-state index in [1.54, 1.807) is 12.4 Å². The fraction of sp³-hybridized carbons (Fsp3) is 0.308. The van der Waals surface area contributed by atoms with Crippen LogP contribution in [0.2, 0.25) is 0 Å². The molecule has 0 saturated carbocycles. The molecule has 2 aromatic heterocycles. The van der Waals surface area contributed by atoms with Crippen molar-refractivity contribution in [3.05, 3.63) is 39.9 Å². The van der Waals surface area contributed by atoms with Crippen molar-refractivity contribution in [3.63, 3.8) is 0 Å². The first-order valence-electron chi connectivity index (χ1n) is 5.92. The number of hydrogen-bond acceptors (Lipinski definition) is 4. The van der Waals surface area contributed by atoms with Crippen molar-refractivity contribution >= 4 is 15.9 Å². The average Bonchev–Trinajstić information content (AvgIpc) is 2.39. The minimum absolute atomic E-state index is 0.766. The minimum atomic E-state index is 0.766. The Labute approximate surface area is 114 Å². The van der Waals surface area contributed by atoms with E-state index in [4.69, 9.17) is 0 Å². The minimum Gasteiger partial charge on any atom is -0.312 e. The van der Waals surface area contributed by atoms with Crippen LogP contribution in [-0.4, -0.2) is 21.5 Å². The van der Waals surface area contributed by atoms with Crippen LogP contribution in [0.1, 0.15) is 17.0 Å². The van der Waals surface area contributed by atoms with Gasteiger partial charge in [0.1, 0.15) is 0 Å². The molecule has 0 fully saturated rings. The Hall–Kier alpha value is -1.33. The summed E-state index contributed by atoms with van der Waals surface area (Å²) >= 11 is 3.42. The van der Waals surface area contributed by atoms with Crippen molar-refractivity contribution in [1.82, 2.24) is 20.3 Å². The van der Waals surface area contributed by atoms with Gasteiger partial charge in [0.25, 0.3) is 0 Å². The molecule has 0 saturated heterocycles. The maximum atomic E-state index is 4.67. The highest BCUT2D eigenvalue weighted by Crippen LogP contribution is 2.22. The fourth-order valence-electron chi connectivity index (χ4n) is 2.18. The number of hydrogen-bond donors (Lipinski definition) is 1. The molecule has 92 valence electrons. The average molecular weight is 305 g/mol. The lowest BCUT2D eigenvalue weighted by atomic mass is 10.1. The molecule has 0 atom stereocenters. The van der Waals surface area contributed by atoms with Crippen LogP contribution in [0, 0.1) is 6.92 Å². The van der Waals surface area contributed by atoms with Crippen LogP contribution in [0.5, 0.6) is 0 Å². The van der Waals surface area contributed by atoms with E-state index in [-0.39, 0.29) is 0 Å². The summed E-state index contributed by atoms with van der Waals surface area (Å²) in [4.78, 5) is 13.4. The van der Waals surface area contributed by atoms with Crippen molar-refractivity contribution in [2.45, 2.75) is 19.9 Å². The van der Waals surface area contributed by atoms with Gasteiger partial charge in [0.2, 0.25) is 0 Å². The summed E-state index contributed by atoms with van der Waals surface area (Å²) in [6, 6.07) is 2.00. The number of pyridine rings is 1. The van der Waals surface area contributed by atoms with Crippen LogP contribution in [0.25, 0.3) is 11.4 Å². The third-order valence-electron chi connectivity index (χ3n) is 3.10. The van der Waals surface area contributed by atoms with E-state index < -0.39 is 0 Å². The number of rotatable bonds is 1. The number of nitrogens with zero attached hydrogens (tertiary/aromatic N) is 3. The lowest BCUT2D eigenvalue weighted by molar-refractivity contribution is 0.622. The molecule has 3 heterocycles. The first-order valence-corrected chi connectivity index (χ1v) is 6.71. The van der Waals surface area contributed by atoms with Crippen LogP contribution in [-0.2, 0) is 13.0 Å². The first kappa shape index (κ1) is 11.7. The van der Waals surface area contributed by atoms with Crippen LogP contribution in [0.4, 0.5) is 0 Å². The van der Waals surface area contributed by atoms with Gasteiger partial charge < -0.3 is 5.32 Å². The molecule has 0 bridgehead atoms. The highest BCUT2D eigenvalue weighted by Gasteiger charge is 2.15. The van der Waals surface area contributed by atoms with Crippen LogP contribution in [0.15, 0.2) is 22.9 Å². The van der Waals surface area contributed by atoms with Gasteiger partial charge in [-0.1, -0.05) is 0 Å². The van der Waals surface area contributed by atoms with Gasteiger partial charge in [-0.25, -0.2) is 9.97 Å². The van der Waals surface area contributed by atoms with E-state index in [0.29, 0.717) is 0 Å². The summed E-state index contributed by atoms with van der Waals surface area (Å²) < 4.78 is 0.945. The maximum Gasteiger partial charge on any atom is 0.161 e. The number of nitrogens with one attached hydrogen (secondary N) is 1. The molecule has 0 unspecified atom stereocenters. The number of aromatic nitrogens is 3. The summed E-state index contributed by atoms with van der Waals surface area (Å²) in [6.07, 6.45) is 4.53. The van der Waals surface area contributed by atoms with E-state index in [2.05, 4.69) is 36.2 Å².